The first-order valence-electron chi connectivity index (χ1n) is 9.77. The van der Waals surface area contributed by atoms with E-state index in [4.69, 9.17) is 0 Å². The number of hydrogen-bond acceptors (Lipinski definition) is 3. The number of hydrogen-bond donors (Lipinski definition) is 1. The summed E-state index contributed by atoms with van der Waals surface area (Å²) in [5.74, 6) is 0.559. The van der Waals surface area contributed by atoms with E-state index in [1.54, 1.807) is 10.4 Å². The van der Waals surface area contributed by atoms with Crippen LogP contribution in [0.1, 0.15) is 50.7 Å². The van der Waals surface area contributed by atoms with Crippen LogP contribution in [0.25, 0.3) is 0 Å². The number of rotatable bonds is 6. The van der Waals surface area contributed by atoms with Crippen molar-refractivity contribution in [2.75, 3.05) is 19.6 Å². The second-order valence-electron chi connectivity index (χ2n) is 7.94. The van der Waals surface area contributed by atoms with Crippen LogP contribution in [0.4, 0.5) is 0 Å². The van der Waals surface area contributed by atoms with Crippen LogP contribution >= 0.6 is 0 Å². The molecule has 0 bridgehead atoms. The van der Waals surface area contributed by atoms with E-state index in [0.29, 0.717) is 43.3 Å². The molecule has 1 fully saturated rings. The van der Waals surface area contributed by atoms with Crippen LogP contribution in [-0.4, -0.2) is 38.3 Å². The van der Waals surface area contributed by atoms with Crippen molar-refractivity contribution in [1.29, 1.82) is 0 Å². The normalized spacial score (nSPS) is 18.9. The van der Waals surface area contributed by atoms with E-state index in [2.05, 4.69) is 19.2 Å². The summed E-state index contributed by atoms with van der Waals surface area (Å²) in [5, 5.41) is 2.99. The van der Waals surface area contributed by atoms with Crippen LogP contribution in [0, 0.1) is 11.8 Å². The van der Waals surface area contributed by atoms with E-state index in [1.165, 1.54) is 11.1 Å². The largest absolute Gasteiger partial charge is 0.356 e. The molecule has 0 atom stereocenters. The Hall–Kier alpha value is -1.40. The van der Waals surface area contributed by atoms with Gasteiger partial charge in [0.2, 0.25) is 15.9 Å². The smallest absolute Gasteiger partial charge is 0.243 e. The molecular formula is C20H30N2O3S. The molecule has 1 aliphatic carbocycles. The van der Waals surface area contributed by atoms with Crippen LogP contribution < -0.4 is 5.32 Å². The van der Waals surface area contributed by atoms with Gasteiger partial charge in [0.25, 0.3) is 0 Å². The molecule has 6 heteroatoms. The predicted octanol–water partition coefficient (Wildman–Crippen LogP) is 2.74. The lowest BCUT2D eigenvalue weighted by atomic mass is 9.97. The average Bonchev–Trinajstić information content (AvgIpc) is 3.09. The zero-order valence-corrected chi connectivity index (χ0v) is 16.6. The van der Waals surface area contributed by atoms with Crippen molar-refractivity contribution in [2.24, 2.45) is 11.8 Å². The lowest BCUT2D eigenvalue weighted by molar-refractivity contribution is -0.126. The number of fused-ring (bicyclic) bond motifs is 1. The maximum Gasteiger partial charge on any atom is 0.243 e. The summed E-state index contributed by atoms with van der Waals surface area (Å²) in [4.78, 5) is 12.7. The standard InChI is InChI=1S/C20H30N2O3S/c1-15(2)8-11-21-20(23)17-9-12-22(13-10-17)26(24,25)19-7-6-16-4-3-5-18(16)14-19/h6-7,14-15,17H,3-5,8-13H2,1-2H3,(H,21,23). The van der Waals surface area contributed by atoms with Crippen LogP contribution in [-0.2, 0) is 27.7 Å². The van der Waals surface area contributed by atoms with Gasteiger partial charge in [-0.3, -0.25) is 4.79 Å². The number of benzene rings is 1. The van der Waals surface area contributed by atoms with Crippen LogP contribution in [0.2, 0.25) is 0 Å². The molecule has 1 saturated heterocycles. The van der Waals surface area contributed by atoms with Gasteiger partial charge in [0.1, 0.15) is 0 Å². The lowest BCUT2D eigenvalue weighted by Gasteiger charge is -2.30. The molecule has 1 N–H and O–H groups in total. The summed E-state index contributed by atoms with van der Waals surface area (Å²) in [6.45, 7) is 5.80. The third-order valence-corrected chi connectivity index (χ3v) is 7.45. The Labute approximate surface area is 157 Å². The number of amides is 1. The minimum Gasteiger partial charge on any atom is -0.356 e. The molecule has 1 aliphatic heterocycles. The number of sulfonamides is 1. The first-order chi connectivity index (χ1) is 12.4. The lowest BCUT2D eigenvalue weighted by Crippen LogP contribution is -2.43. The van der Waals surface area contributed by atoms with Gasteiger partial charge in [0.15, 0.2) is 0 Å². The first-order valence-corrected chi connectivity index (χ1v) is 11.2. The Morgan fingerprint density at radius 2 is 1.88 bits per heavy atom. The van der Waals surface area contributed by atoms with Gasteiger partial charge in [0.05, 0.1) is 4.90 Å². The number of aryl methyl sites for hydroxylation is 2. The van der Waals surface area contributed by atoms with Crippen molar-refractivity contribution >= 4 is 15.9 Å². The summed E-state index contributed by atoms with van der Waals surface area (Å²) in [6.07, 6.45) is 5.28. The number of carbonyl (C=O) groups excluding carboxylic acids is 1. The van der Waals surface area contributed by atoms with Crippen LogP contribution in [0.15, 0.2) is 23.1 Å². The van der Waals surface area contributed by atoms with E-state index in [9.17, 15) is 13.2 Å². The second-order valence-corrected chi connectivity index (χ2v) is 9.87. The monoisotopic (exact) mass is 378 g/mol. The Morgan fingerprint density at radius 1 is 1.19 bits per heavy atom. The Kier molecular flexibility index (Phi) is 6.03. The molecule has 0 spiro atoms. The van der Waals surface area contributed by atoms with Crippen LogP contribution in [0.5, 0.6) is 0 Å². The third kappa shape index (κ3) is 4.29. The van der Waals surface area contributed by atoms with Crippen molar-refractivity contribution in [3.8, 4) is 0 Å². The maximum atomic E-state index is 12.9. The molecule has 5 nitrogen and oxygen atoms in total. The number of nitrogens with one attached hydrogen (secondary N) is 1. The molecule has 0 saturated carbocycles. The third-order valence-electron chi connectivity index (χ3n) is 5.55. The van der Waals surface area contributed by atoms with E-state index in [-0.39, 0.29) is 11.8 Å². The van der Waals surface area contributed by atoms with Gasteiger partial charge < -0.3 is 5.32 Å². The van der Waals surface area contributed by atoms with Gasteiger partial charge in [-0.25, -0.2) is 8.42 Å². The maximum absolute atomic E-state index is 12.9. The van der Waals surface area contributed by atoms with Crippen molar-refractivity contribution in [3.63, 3.8) is 0 Å². The summed E-state index contributed by atoms with van der Waals surface area (Å²) >= 11 is 0. The molecule has 1 aromatic rings. The highest BCUT2D eigenvalue weighted by Crippen LogP contribution is 2.28. The van der Waals surface area contributed by atoms with E-state index < -0.39 is 10.0 Å². The summed E-state index contributed by atoms with van der Waals surface area (Å²) < 4.78 is 27.4. The molecule has 0 unspecified atom stereocenters. The fraction of sp³-hybridized carbons (Fsp3) is 0.650. The first kappa shape index (κ1) is 19.4. The summed E-state index contributed by atoms with van der Waals surface area (Å²) in [7, 11) is -3.46. The average molecular weight is 379 g/mol. The molecule has 1 aromatic carbocycles. The molecule has 1 amide bonds. The Bertz CT molecular complexity index is 750. The SMILES string of the molecule is CC(C)CCNC(=O)C1CCN(S(=O)(=O)c2ccc3c(c2)CCC3)CC1. The summed E-state index contributed by atoms with van der Waals surface area (Å²) in [6, 6.07) is 5.55. The highest BCUT2D eigenvalue weighted by atomic mass is 32.2. The van der Waals surface area contributed by atoms with Gasteiger partial charge in [-0.2, -0.15) is 4.31 Å². The minimum absolute atomic E-state index is 0.0697. The van der Waals surface area contributed by atoms with Crippen molar-refractivity contribution in [1.82, 2.24) is 9.62 Å². The molecule has 0 radical (unpaired) electrons. The second kappa shape index (κ2) is 8.09. The molecule has 144 valence electrons. The highest BCUT2D eigenvalue weighted by Gasteiger charge is 2.32. The molecule has 2 aliphatic rings. The topological polar surface area (TPSA) is 66.5 Å². The van der Waals surface area contributed by atoms with Crippen LogP contribution in [0.3, 0.4) is 0 Å². The highest BCUT2D eigenvalue weighted by molar-refractivity contribution is 7.89. The predicted molar refractivity (Wildman–Crippen MR) is 102 cm³/mol. The minimum atomic E-state index is -3.46. The zero-order valence-electron chi connectivity index (χ0n) is 15.8. The van der Waals surface area contributed by atoms with Crippen molar-refractivity contribution in [2.45, 2.75) is 57.3 Å². The number of carbonyl (C=O) groups is 1. The zero-order chi connectivity index (χ0) is 18.7. The number of nitrogens with zero attached hydrogens (tertiary/aromatic N) is 1. The number of piperidine rings is 1. The van der Waals surface area contributed by atoms with Crippen molar-refractivity contribution in [3.05, 3.63) is 29.3 Å². The van der Waals surface area contributed by atoms with E-state index in [0.717, 1.165) is 25.7 Å². The van der Waals surface area contributed by atoms with Gasteiger partial charge in [-0.05, 0) is 67.7 Å². The van der Waals surface area contributed by atoms with Gasteiger partial charge in [0, 0.05) is 25.6 Å². The van der Waals surface area contributed by atoms with E-state index >= 15 is 0 Å². The summed E-state index contributed by atoms with van der Waals surface area (Å²) in [5.41, 5.74) is 2.45. The van der Waals surface area contributed by atoms with Gasteiger partial charge in [-0.1, -0.05) is 19.9 Å². The fourth-order valence-corrected chi connectivity index (χ4v) is 5.37. The van der Waals surface area contributed by atoms with Crippen molar-refractivity contribution < 1.29 is 13.2 Å². The molecular weight excluding hydrogens is 348 g/mol. The quantitative estimate of drug-likeness (QED) is 0.828. The molecule has 3 rings (SSSR count). The Balaban J connectivity index is 1.58. The fourth-order valence-electron chi connectivity index (χ4n) is 3.84. The van der Waals surface area contributed by atoms with Gasteiger partial charge >= 0.3 is 0 Å². The Morgan fingerprint density at radius 3 is 2.58 bits per heavy atom. The van der Waals surface area contributed by atoms with Gasteiger partial charge in [-0.15, -0.1) is 0 Å². The molecule has 26 heavy (non-hydrogen) atoms. The molecule has 0 aromatic heterocycles. The van der Waals surface area contributed by atoms with E-state index in [1.807, 2.05) is 12.1 Å². The molecule has 1 heterocycles.